The molecule has 6 rings (SSSR count). The molecule has 0 amide bonds. The standard InChI is InChI=1S/C26H28N8O2/c1-3-30-33-9-6-20(7-10-33)36-22-5-4-18(12-17(22)2)31-25-24-21(28-16-29-25)13-23-26(32-24)34-11-8-27-14-19(34)15-35-23/h3-7,9,12-13,16,19,27H,8,10-11,14-15H2,1-2H3,(H,28,29,31)/b30-3-. The number of nitrogens with one attached hydrogen (secondary N) is 2. The van der Waals surface area contributed by atoms with Gasteiger partial charge in [-0.15, -0.1) is 0 Å². The largest absolute Gasteiger partial charge is 0.487 e. The Kier molecular flexibility index (Phi) is 5.86. The number of allylic oxidation sites excluding steroid dienone is 1. The normalized spacial score (nSPS) is 19.1. The van der Waals surface area contributed by atoms with E-state index < -0.39 is 0 Å². The number of hydrazone groups is 1. The van der Waals surface area contributed by atoms with Gasteiger partial charge in [-0.05, 0) is 49.8 Å². The van der Waals surface area contributed by atoms with Gasteiger partial charge in [0.1, 0.15) is 30.0 Å². The summed E-state index contributed by atoms with van der Waals surface area (Å²) in [5.41, 5.74) is 3.36. The molecule has 10 nitrogen and oxygen atoms in total. The number of pyridine rings is 1. The molecular weight excluding hydrogens is 456 g/mol. The summed E-state index contributed by atoms with van der Waals surface area (Å²) in [7, 11) is 0. The highest BCUT2D eigenvalue weighted by Crippen LogP contribution is 2.36. The topological polar surface area (TPSA) is 100 Å². The fourth-order valence-corrected chi connectivity index (χ4v) is 4.62. The average molecular weight is 485 g/mol. The summed E-state index contributed by atoms with van der Waals surface area (Å²) in [6.45, 7) is 7.95. The molecule has 184 valence electrons. The number of fused-ring (bicyclic) bond motifs is 4. The van der Waals surface area contributed by atoms with E-state index in [1.807, 2.05) is 61.5 Å². The second-order valence-electron chi connectivity index (χ2n) is 8.89. The van der Waals surface area contributed by atoms with Gasteiger partial charge in [0.15, 0.2) is 17.4 Å². The fourth-order valence-electron chi connectivity index (χ4n) is 4.62. The van der Waals surface area contributed by atoms with Gasteiger partial charge >= 0.3 is 0 Å². The molecule has 1 fully saturated rings. The Hall–Kier alpha value is -4.18. The smallest absolute Gasteiger partial charge is 0.172 e. The third-order valence-corrected chi connectivity index (χ3v) is 6.43. The van der Waals surface area contributed by atoms with Gasteiger partial charge in [0.05, 0.1) is 18.1 Å². The number of aromatic nitrogens is 3. The van der Waals surface area contributed by atoms with Crippen molar-refractivity contribution in [2.75, 3.05) is 43.0 Å². The lowest BCUT2D eigenvalue weighted by atomic mass is 10.1. The van der Waals surface area contributed by atoms with Crippen LogP contribution in [-0.4, -0.2) is 65.0 Å². The van der Waals surface area contributed by atoms with Gasteiger partial charge in [0.2, 0.25) is 0 Å². The fraction of sp³-hybridized carbons (Fsp3) is 0.308. The van der Waals surface area contributed by atoms with Crippen molar-refractivity contribution in [3.8, 4) is 11.5 Å². The zero-order valence-corrected chi connectivity index (χ0v) is 20.3. The highest BCUT2D eigenvalue weighted by atomic mass is 16.5. The quantitative estimate of drug-likeness (QED) is 0.528. The van der Waals surface area contributed by atoms with Gasteiger partial charge in [0.25, 0.3) is 0 Å². The first-order valence-corrected chi connectivity index (χ1v) is 12.1. The molecule has 0 saturated carbocycles. The third-order valence-electron chi connectivity index (χ3n) is 6.43. The van der Waals surface area contributed by atoms with Crippen LogP contribution < -0.4 is 25.0 Å². The van der Waals surface area contributed by atoms with Crippen LogP contribution in [0.15, 0.2) is 59.8 Å². The molecule has 1 atom stereocenters. The number of benzene rings is 1. The van der Waals surface area contributed by atoms with E-state index in [1.165, 1.54) is 0 Å². The van der Waals surface area contributed by atoms with Crippen LogP contribution in [0, 0.1) is 6.92 Å². The number of hydrogen-bond donors (Lipinski definition) is 2. The Balaban J connectivity index is 1.24. The van der Waals surface area contributed by atoms with Crippen LogP contribution in [0.4, 0.5) is 17.3 Å². The lowest BCUT2D eigenvalue weighted by molar-refractivity contribution is 0.245. The number of aryl methyl sites for hydroxylation is 1. The zero-order chi connectivity index (χ0) is 24.5. The molecule has 2 aromatic heterocycles. The Bertz CT molecular complexity index is 1390. The number of piperazine rings is 1. The maximum absolute atomic E-state index is 6.11. The minimum Gasteiger partial charge on any atom is -0.487 e. The van der Waals surface area contributed by atoms with E-state index in [0.29, 0.717) is 24.5 Å². The highest BCUT2D eigenvalue weighted by molar-refractivity contribution is 5.90. The summed E-state index contributed by atoms with van der Waals surface area (Å²) in [5, 5.41) is 12.9. The molecule has 0 aliphatic carbocycles. The lowest BCUT2D eigenvalue weighted by Gasteiger charge is -2.40. The van der Waals surface area contributed by atoms with Gasteiger partial charge in [-0.25, -0.2) is 15.0 Å². The van der Waals surface area contributed by atoms with Crippen molar-refractivity contribution in [3.05, 3.63) is 60.3 Å². The van der Waals surface area contributed by atoms with Gasteiger partial charge < -0.3 is 25.0 Å². The molecule has 0 radical (unpaired) electrons. The molecule has 3 aromatic rings. The minimum absolute atomic E-state index is 0.281. The van der Waals surface area contributed by atoms with Gasteiger partial charge in [0, 0.05) is 43.8 Å². The van der Waals surface area contributed by atoms with Crippen molar-refractivity contribution < 1.29 is 9.47 Å². The third kappa shape index (κ3) is 4.31. The van der Waals surface area contributed by atoms with E-state index in [2.05, 4.69) is 30.6 Å². The molecule has 36 heavy (non-hydrogen) atoms. The molecule has 1 saturated heterocycles. The van der Waals surface area contributed by atoms with Crippen LogP contribution in [0.1, 0.15) is 12.5 Å². The predicted octanol–water partition coefficient (Wildman–Crippen LogP) is 3.35. The van der Waals surface area contributed by atoms with Gasteiger partial charge in [-0.3, -0.25) is 5.01 Å². The number of nitrogens with zero attached hydrogens (tertiary/aromatic N) is 6. The van der Waals surface area contributed by atoms with E-state index in [-0.39, 0.29) is 6.04 Å². The lowest BCUT2D eigenvalue weighted by Crippen LogP contribution is -2.56. The molecular formula is C26H28N8O2. The minimum atomic E-state index is 0.281. The Labute approximate surface area is 209 Å². The van der Waals surface area contributed by atoms with Crippen molar-refractivity contribution in [3.63, 3.8) is 0 Å². The summed E-state index contributed by atoms with van der Waals surface area (Å²) in [6, 6.07) is 8.22. The second-order valence-corrected chi connectivity index (χ2v) is 8.89. The number of anilines is 3. The van der Waals surface area contributed by atoms with Crippen molar-refractivity contribution in [2.24, 2.45) is 5.10 Å². The average Bonchev–Trinajstić information content (AvgIpc) is 2.90. The van der Waals surface area contributed by atoms with Crippen LogP contribution in [0.3, 0.4) is 0 Å². The first kappa shape index (κ1) is 22.3. The monoisotopic (exact) mass is 484 g/mol. The van der Waals surface area contributed by atoms with Crippen LogP contribution in [0.2, 0.25) is 0 Å². The van der Waals surface area contributed by atoms with Crippen LogP contribution in [-0.2, 0) is 0 Å². The maximum atomic E-state index is 6.11. The Morgan fingerprint density at radius 2 is 2.22 bits per heavy atom. The molecule has 3 aliphatic rings. The van der Waals surface area contributed by atoms with Gasteiger partial charge in [-0.1, -0.05) is 0 Å². The number of ether oxygens (including phenoxy) is 2. The van der Waals surface area contributed by atoms with Crippen LogP contribution in [0.25, 0.3) is 11.0 Å². The Morgan fingerprint density at radius 1 is 1.28 bits per heavy atom. The van der Waals surface area contributed by atoms with Crippen LogP contribution in [0.5, 0.6) is 11.5 Å². The van der Waals surface area contributed by atoms with E-state index in [9.17, 15) is 0 Å². The van der Waals surface area contributed by atoms with Crippen molar-refractivity contribution >= 4 is 34.6 Å². The summed E-state index contributed by atoms with van der Waals surface area (Å²) >= 11 is 0. The van der Waals surface area contributed by atoms with Gasteiger partial charge in [-0.2, -0.15) is 5.10 Å². The van der Waals surface area contributed by atoms with Crippen molar-refractivity contribution in [1.82, 2.24) is 25.3 Å². The molecule has 0 spiro atoms. The predicted molar refractivity (Wildman–Crippen MR) is 140 cm³/mol. The zero-order valence-electron chi connectivity index (χ0n) is 20.3. The van der Waals surface area contributed by atoms with E-state index in [4.69, 9.17) is 14.5 Å². The SMILES string of the molecule is C/C=N\N1C=CC(Oc2ccc(Nc3ncnc4cc5c(nc34)N3CCNCC3CO5)cc2C)=CC1. The van der Waals surface area contributed by atoms with E-state index in [0.717, 1.165) is 59.5 Å². The highest BCUT2D eigenvalue weighted by Gasteiger charge is 2.31. The summed E-state index contributed by atoms with van der Waals surface area (Å²) in [5.74, 6) is 3.88. The summed E-state index contributed by atoms with van der Waals surface area (Å²) in [4.78, 5) is 16.2. The molecule has 3 aliphatic heterocycles. The first-order valence-electron chi connectivity index (χ1n) is 12.1. The molecule has 10 heteroatoms. The van der Waals surface area contributed by atoms with E-state index in [1.54, 1.807) is 12.5 Å². The van der Waals surface area contributed by atoms with E-state index >= 15 is 0 Å². The molecule has 0 bridgehead atoms. The number of rotatable bonds is 5. The summed E-state index contributed by atoms with van der Waals surface area (Å²) < 4.78 is 12.1. The number of hydrogen-bond acceptors (Lipinski definition) is 10. The first-order chi connectivity index (χ1) is 17.7. The molecule has 2 N–H and O–H groups in total. The Morgan fingerprint density at radius 3 is 3.06 bits per heavy atom. The second kappa shape index (κ2) is 9.46. The van der Waals surface area contributed by atoms with Crippen molar-refractivity contribution in [2.45, 2.75) is 19.9 Å². The molecule has 1 aromatic carbocycles. The maximum Gasteiger partial charge on any atom is 0.172 e. The molecule has 5 heterocycles. The van der Waals surface area contributed by atoms with Crippen LogP contribution >= 0.6 is 0 Å². The van der Waals surface area contributed by atoms with Crippen molar-refractivity contribution in [1.29, 1.82) is 0 Å². The summed E-state index contributed by atoms with van der Waals surface area (Å²) in [6.07, 6.45) is 9.13. The molecule has 1 unspecified atom stereocenters.